The Kier molecular flexibility index (Phi) is 5.03. The number of nitrogens with one attached hydrogen (secondary N) is 1. The Hall–Kier alpha value is -2.02. The summed E-state index contributed by atoms with van der Waals surface area (Å²) in [5.41, 5.74) is 7.36. The van der Waals surface area contributed by atoms with Gasteiger partial charge in [-0.3, -0.25) is 4.79 Å². The summed E-state index contributed by atoms with van der Waals surface area (Å²) in [5.74, 6) is -0.149. The maximum Gasteiger partial charge on any atom is 0.267 e. The highest BCUT2D eigenvalue weighted by Crippen LogP contribution is 2.37. The van der Waals surface area contributed by atoms with Gasteiger partial charge in [0.25, 0.3) is 5.91 Å². The molecular formula is C17H12BrCl2N3O2. The standard InChI is InChI=1S/C17H12BrCl2N3O2/c1-25-15-7-13(10(19)5-11(15)20)22-12-6-14(17(21)24)23-16-8(12)3-2-4-9(16)18/h2-7H,1H3,(H2,21,24)(H,22,23). The number of benzene rings is 2. The van der Waals surface area contributed by atoms with Crippen molar-refractivity contribution < 1.29 is 9.53 Å². The molecule has 128 valence electrons. The average Bonchev–Trinajstić information content (AvgIpc) is 2.57. The zero-order valence-electron chi connectivity index (χ0n) is 12.9. The van der Waals surface area contributed by atoms with Crippen LogP contribution in [0.25, 0.3) is 10.9 Å². The third kappa shape index (κ3) is 3.51. The quantitative estimate of drug-likeness (QED) is 0.587. The zero-order valence-corrected chi connectivity index (χ0v) is 16.0. The lowest BCUT2D eigenvalue weighted by molar-refractivity contribution is 0.0996. The predicted octanol–water partition coefficient (Wildman–Crippen LogP) is 5.16. The third-order valence-electron chi connectivity index (χ3n) is 3.55. The van der Waals surface area contributed by atoms with E-state index in [0.29, 0.717) is 32.7 Å². The van der Waals surface area contributed by atoms with Gasteiger partial charge in [0.1, 0.15) is 11.4 Å². The van der Waals surface area contributed by atoms with Crippen molar-refractivity contribution in [1.29, 1.82) is 0 Å². The molecular weight excluding hydrogens is 429 g/mol. The Morgan fingerprint density at radius 3 is 2.64 bits per heavy atom. The van der Waals surface area contributed by atoms with E-state index in [1.54, 1.807) is 18.2 Å². The Morgan fingerprint density at radius 1 is 1.20 bits per heavy atom. The second kappa shape index (κ2) is 7.07. The third-order valence-corrected chi connectivity index (χ3v) is 4.80. The molecule has 0 aliphatic carbocycles. The van der Waals surface area contributed by atoms with Gasteiger partial charge in [0.15, 0.2) is 0 Å². The molecule has 25 heavy (non-hydrogen) atoms. The number of nitrogens with two attached hydrogens (primary N) is 1. The SMILES string of the molecule is COc1cc(Nc2cc(C(N)=O)nc3c(Br)cccc23)c(Cl)cc1Cl. The Bertz CT molecular complexity index is 995. The van der Waals surface area contributed by atoms with E-state index in [2.05, 4.69) is 26.2 Å². The maximum absolute atomic E-state index is 11.6. The van der Waals surface area contributed by atoms with Crippen molar-refractivity contribution in [1.82, 2.24) is 4.98 Å². The monoisotopic (exact) mass is 439 g/mol. The summed E-state index contributed by atoms with van der Waals surface area (Å²) in [6.45, 7) is 0. The summed E-state index contributed by atoms with van der Waals surface area (Å²) in [7, 11) is 1.52. The number of halogens is 3. The van der Waals surface area contributed by atoms with Crippen molar-refractivity contribution in [2.75, 3.05) is 12.4 Å². The number of carbonyl (C=O) groups is 1. The number of pyridine rings is 1. The molecule has 1 amide bonds. The van der Waals surface area contributed by atoms with Crippen LogP contribution in [0.4, 0.5) is 11.4 Å². The first-order chi connectivity index (χ1) is 11.9. The molecule has 0 radical (unpaired) electrons. The van der Waals surface area contributed by atoms with E-state index in [1.807, 2.05) is 18.2 Å². The first-order valence-corrected chi connectivity index (χ1v) is 8.64. The van der Waals surface area contributed by atoms with Crippen molar-refractivity contribution >= 4 is 67.3 Å². The lowest BCUT2D eigenvalue weighted by atomic mass is 10.1. The number of hydrogen-bond acceptors (Lipinski definition) is 4. The number of nitrogens with zero attached hydrogens (tertiary/aromatic N) is 1. The van der Waals surface area contributed by atoms with Crippen LogP contribution in [0.2, 0.25) is 10.0 Å². The highest BCUT2D eigenvalue weighted by atomic mass is 79.9. The number of anilines is 2. The molecule has 8 heteroatoms. The van der Waals surface area contributed by atoms with E-state index in [4.69, 9.17) is 33.7 Å². The number of methoxy groups -OCH3 is 1. The van der Waals surface area contributed by atoms with Crippen LogP contribution < -0.4 is 15.8 Å². The predicted molar refractivity (Wildman–Crippen MR) is 104 cm³/mol. The first-order valence-electron chi connectivity index (χ1n) is 7.10. The van der Waals surface area contributed by atoms with E-state index >= 15 is 0 Å². The molecule has 0 atom stereocenters. The van der Waals surface area contributed by atoms with Crippen LogP contribution >= 0.6 is 39.1 Å². The summed E-state index contributed by atoms with van der Waals surface area (Å²) in [6.07, 6.45) is 0. The first kappa shape index (κ1) is 17.8. The zero-order chi connectivity index (χ0) is 18.1. The van der Waals surface area contributed by atoms with Crippen molar-refractivity contribution in [2.24, 2.45) is 5.73 Å². The van der Waals surface area contributed by atoms with Gasteiger partial charge in [-0.25, -0.2) is 4.98 Å². The highest BCUT2D eigenvalue weighted by molar-refractivity contribution is 9.10. The normalized spacial score (nSPS) is 10.7. The summed E-state index contributed by atoms with van der Waals surface area (Å²) in [4.78, 5) is 15.9. The van der Waals surface area contributed by atoms with Gasteiger partial charge in [0, 0.05) is 15.9 Å². The van der Waals surface area contributed by atoms with Crippen molar-refractivity contribution in [3.63, 3.8) is 0 Å². The number of para-hydroxylation sites is 1. The van der Waals surface area contributed by atoms with E-state index in [-0.39, 0.29) is 5.69 Å². The molecule has 2 aromatic carbocycles. The van der Waals surface area contributed by atoms with Gasteiger partial charge in [-0.15, -0.1) is 0 Å². The second-order valence-corrected chi connectivity index (χ2v) is 6.82. The number of aromatic nitrogens is 1. The molecule has 0 spiro atoms. The van der Waals surface area contributed by atoms with Crippen LogP contribution in [-0.2, 0) is 0 Å². The minimum Gasteiger partial charge on any atom is -0.495 e. The van der Waals surface area contributed by atoms with Crippen molar-refractivity contribution in [3.05, 3.63) is 56.6 Å². The molecule has 1 heterocycles. The Labute approximate surface area is 162 Å². The lowest BCUT2D eigenvalue weighted by Crippen LogP contribution is -2.13. The summed E-state index contributed by atoms with van der Waals surface area (Å²) >= 11 is 15.8. The van der Waals surface area contributed by atoms with Gasteiger partial charge >= 0.3 is 0 Å². The van der Waals surface area contributed by atoms with Gasteiger partial charge < -0.3 is 15.8 Å². The van der Waals surface area contributed by atoms with E-state index in [1.165, 1.54) is 7.11 Å². The number of ether oxygens (including phenoxy) is 1. The van der Waals surface area contributed by atoms with Gasteiger partial charge in [-0.2, -0.15) is 0 Å². The van der Waals surface area contributed by atoms with E-state index < -0.39 is 5.91 Å². The summed E-state index contributed by atoms with van der Waals surface area (Å²) in [6, 6.07) is 10.4. The molecule has 0 fully saturated rings. The van der Waals surface area contributed by atoms with Crippen LogP contribution in [0, 0.1) is 0 Å². The highest BCUT2D eigenvalue weighted by Gasteiger charge is 2.14. The molecule has 0 saturated heterocycles. The number of carbonyl (C=O) groups excluding carboxylic acids is 1. The molecule has 1 aromatic heterocycles. The fourth-order valence-corrected chi connectivity index (χ4v) is 3.33. The van der Waals surface area contributed by atoms with Gasteiger partial charge in [0.2, 0.25) is 0 Å². The molecule has 0 saturated carbocycles. The lowest BCUT2D eigenvalue weighted by Gasteiger charge is -2.14. The van der Waals surface area contributed by atoms with Gasteiger partial charge in [-0.1, -0.05) is 35.3 Å². The van der Waals surface area contributed by atoms with Crippen molar-refractivity contribution in [3.8, 4) is 5.75 Å². The van der Waals surface area contributed by atoms with Crippen LogP contribution in [0.15, 0.2) is 40.9 Å². The summed E-state index contributed by atoms with van der Waals surface area (Å²) in [5, 5.41) is 4.81. The number of primary amides is 1. The second-order valence-electron chi connectivity index (χ2n) is 5.15. The van der Waals surface area contributed by atoms with Gasteiger partial charge in [0.05, 0.1) is 34.0 Å². The van der Waals surface area contributed by atoms with Gasteiger partial charge in [-0.05, 0) is 34.1 Å². The number of fused-ring (bicyclic) bond motifs is 1. The van der Waals surface area contributed by atoms with E-state index in [9.17, 15) is 4.79 Å². The fourth-order valence-electron chi connectivity index (χ4n) is 2.37. The maximum atomic E-state index is 11.6. The Balaban J connectivity index is 2.19. The minimum atomic E-state index is -0.625. The minimum absolute atomic E-state index is 0.138. The van der Waals surface area contributed by atoms with Crippen LogP contribution in [0.1, 0.15) is 10.5 Å². The smallest absolute Gasteiger partial charge is 0.267 e. The molecule has 0 aliphatic heterocycles. The molecule has 3 aromatic rings. The van der Waals surface area contributed by atoms with E-state index in [0.717, 1.165) is 9.86 Å². The van der Waals surface area contributed by atoms with Crippen LogP contribution in [-0.4, -0.2) is 18.0 Å². The number of amides is 1. The number of hydrogen-bond donors (Lipinski definition) is 2. The fraction of sp³-hybridized carbons (Fsp3) is 0.0588. The molecule has 0 bridgehead atoms. The Morgan fingerprint density at radius 2 is 1.96 bits per heavy atom. The molecule has 3 N–H and O–H groups in total. The molecule has 0 aliphatic rings. The molecule has 5 nitrogen and oxygen atoms in total. The molecule has 3 rings (SSSR count). The van der Waals surface area contributed by atoms with Crippen LogP contribution in [0.5, 0.6) is 5.75 Å². The summed E-state index contributed by atoms with van der Waals surface area (Å²) < 4.78 is 5.97. The number of rotatable bonds is 4. The van der Waals surface area contributed by atoms with Crippen molar-refractivity contribution in [2.45, 2.75) is 0 Å². The van der Waals surface area contributed by atoms with Crippen LogP contribution in [0.3, 0.4) is 0 Å². The average molecular weight is 441 g/mol. The largest absolute Gasteiger partial charge is 0.495 e. The topological polar surface area (TPSA) is 77.2 Å². The molecule has 0 unspecified atom stereocenters.